The fraction of sp³-hybridized carbons (Fsp3) is 0. The van der Waals surface area contributed by atoms with Crippen molar-refractivity contribution in [2.24, 2.45) is 0 Å². The molecule has 5 aromatic carbocycles. The molecular weight excluding hydrogens is 701 g/mol. The lowest BCUT2D eigenvalue weighted by Gasteiger charge is -2.23. The predicted octanol–water partition coefficient (Wildman–Crippen LogP) is 11.9. The van der Waals surface area contributed by atoms with Crippen LogP contribution in [0.1, 0.15) is 0 Å². The maximum atomic E-state index is 13.0. The fourth-order valence-corrected chi connectivity index (χ4v) is 8.83. The van der Waals surface area contributed by atoms with Crippen LogP contribution in [0.4, 0.5) is 44.1 Å². The molecule has 13 heteroatoms. The van der Waals surface area contributed by atoms with E-state index in [9.17, 15) is 20.2 Å². The largest absolute Gasteiger partial charge is 0.357 e. The average Bonchev–Trinajstić information content (AvgIpc) is 3.95. The van der Waals surface area contributed by atoms with E-state index in [1.54, 1.807) is 12.1 Å². The minimum atomic E-state index is -0.671. The summed E-state index contributed by atoms with van der Waals surface area (Å²) in [5.41, 5.74) is 2.95. The van der Waals surface area contributed by atoms with Gasteiger partial charge in [0.05, 0.1) is 21.6 Å². The van der Waals surface area contributed by atoms with E-state index in [1.165, 1.54) is 22.7 Å². The molecule has 8 rings (SSSR count). The van der Waals surface area contributed by atoms with Gasteiger partial charge in [-0.3, -0.25) is 20.2 Å². The van der Waals surface area contributed by atoms with Crippen LogP contribution in [-0.4, -0.2) is 18.6 Å². The van der Waals surface area contributed by atoms with Gasteiger partial charge in [-0.15, -0.1) is 22.7 Å². The van der Waals surface area contributed by atoms with E-state index in [0.29, 0.717) is 9.75 Å². The topological polar surface area (TPSA) is 119 Å². The van der Waals surface area contributed by atoms with Gasteiger partial charge in [0.1, 0.15) is 32.2 Å². The summed E-state index contributed by atoms with van der Waals surface area (Å²) in [5.74, 6) is 0. The number of nitro groups is 2. The molecule has 0 atom stereocenters. The first-order chi connectivity index (χ1) is 25.0. The zero-order valence-electron chi connectivity index (χ0n) is 26.4. The van der Waals surface area contributed by atoms with Gasteiger partial charge in [0.15, 0.2) is 0 Å². The van der Waals surface area contributed by atoms with Crippen molar-refractivity contribution < 1.29 is 9.85 Å². The number of benzene rings is 5. The summed E-state index contributed by atoms with van der Waals surface area (Å²) >= 11 is 3.45. The van der Waals surface area contributed by atoms with Crippen LogP contribution in [0.2, 0.25) is 0 Å². The summed E-state index contributed by atoms with van der Waals surface area (Å²) in [6, 6.07) is 46.3. The van der Waals surface area contributed by atoms with Crippen molar-refractivity contribution in [1.29, 1.82) is 0 Å². The molecule has 0 saturated heterocycles. The minimum absolute atomic E-state index is 0.0727. The highest BCUT2D eigenvalue weighted by Gasteiger charge is 2.40. The van der Waals surface area contributed by atoms with Gasteiger partial charge in [-0.05, 0) is 72.8 Å². The Morgan fingerprint density at radius 2 is 0.765 bits per heavy atom. The molecule has 0 unspecified atom stereocenters. The Kier molecular flexibility index (Phi) is 8.49. The molecule has 3 heterocycles. The predicted molar refractivity (Wildman–Crippen MR) is 207 cm³/mol. The van der Waals surface area contributed by atoms with Crippen LogP contribution in [0.5, 0.6) is 0 Å². The Hall–Kier alpha value is -6.28. The Labute approximate surface area is 303 Å². The van der Waals surface area contributed by atoms with Gasteiger partial charge in [0.2, 0.25) is 0 Å². The van der Waals surface area contributed by atoms with Crippen LogP contribution in [0.3, 0.4) is 0 Å². The lowest BCUT2D eigenvalue weighted by atomic mass is 10.0. The normalized spacial score (nSPS) is 11.1. The molecule has 8 aromatic rings. The van der Waals surface area contributed by atoms with E-state index in [4.69, 9.17) is 0 Å². The first-order valence-corrected chi connectivity index (χ1v) is 18.0. The molecule has 0 N–H and O–H groups in total. The third kappa shape index (κ3) is 5.88. The standard InChI is InChI=1S/C38H24N6O4S3/c45-43(46)37-33(29-21-23-31(49-29)41(25-13-5-1-6-14-25)26-15-7-2-8-16-26)35-36(40-51-39-35)34(38(37)44(47)48)30-22-24-32(50-30)42(27-17-9-3-10-18-27)28-19-11-4-12-20-28/h1-24H. The highest BCUT2D eigenvalue weighted by atomic mass is 32.1. The Morgan fingerprint density at radius 3 is 1.06 bits per heavy atom. The van der Waals surface area contributed by atoms with Gasteiger partial charge in [-0.1, -0.05) is 72.8 Å². The van der Waals surface area contributed by atoms with Gasteiger partial charge < -0.3 is 9.80 Å². The van der Waals surface area contributed by atoms with E-state index in [2.05, 4.69) is 8.75 Å². The van der Waals surface area contributed by atoms with Crippen LogP contribution >= 0.6 is 34.4 Å². The molecule has 0 amide bonds. The molecule has 0 aliphatic carbocycles. The smallest absolute Gasteiger partial charge is 0.302 e. The summed E-state index contributed by atoms with van der Waals surface area (Å²) in [4.78, 5) is 29.6. The molecule has 0 fully saturated rings. The van der Waals surface area contributed by atoms with Crippen LogP contribution < -0.4 is 9.80 Å². The number of nitrogens with zero attached hydrogens (tertiary/aromatic N) is 6. The van der Waals surface area contributed by atoms with Crippen LogP contribution in [0.15, 0.2) is 146 Å². The number of thiophene rings is 2. The Balaban J connectivity index is 1.31. The molecular formula is C38H24N6O4S3. The van der Waals surface area contributed by atoms with Gasteiger partial charge in [0, 0.05) is 32.5 Å². The molecule has 0 aliphatic heterocycles. The molecule has 0 spiro atoms. The monoisotopic (exact) mass is 724 g/mol. The number of hydrogen-bond acceptors (Lipinski definition) is 11. The summed E-state index contributed by atoms with van der Waals surface area (Å²) in [7, 11) is 0. The SMILES string of the molecule is O=[N+]([O-])c1c([N+](=O)[O-])c(-c2ccc(N(c3ccccc3)c3ccccc3)s2)c2nsnc2c1-c1ccc(N(c2ccccc2)c2ccccc2)s1. The number of anilines is 6. The third-order valence-corrected chi connectivity index (χ3v) is 10.9. The number of aromatic nitrogens is 2. The molecule has 0 aliphatic rings. The van der Waals surface area contributed by atoms with Gasteiger partial charge >= 0.3 is 11.4 Å². The summed E-state index contributed by atoms with van der Waals surface area (Å²) in [5, 5.41) is 27.5. The Bertz CT molecular complexity index is 2250. The molecule has 10 nitrogen and oxygen atoms in total. The van der Waals surface area contributed by atoms with E-state index < -0.39 is 21.2 Å². The lowest BCUT2D eigenvalue weighted by Crippen LogP contribution is -2.07. The average molecular weight is 725 g/mol. The molecule has 51 heavy (non-hydrogen) atoms. The highest BCUT2D eigenvalue weighted by Crippen LogP contribution is 2.54. The van der Waals surface area contributed by atoms with Crippen LogP contribution in [0, 0.1) is 20.2 Å². The minimum Gasteiger partial charge on any atom is -0.302 e. The van der Waals surface area contributed by atoms with Crippen LogP contribution in [0.25, 0.3) is 31.9 Å². The first-order valence-electron chi connectivity index (χ1n) is 15.6. The third-order valence-electron chi connectivity index (χ3n) is 8.20. The number of fused-ring (bicyclic) bond motifs is 1. The van der Waals surface area contributed by atoms with Crippen molar-refractivity contribution in [2.45, 2.75) is 0 Å². The highest BCUT2D eigenvalue weighted by molar-refractivity contribution is 7.20. The van der Waals surface area contributed by atoms with Crippen molar-refractivity contribution in [3.8, 4) is 20.9 Å². The summed E-state index contributed by atoms with van der Waals surface area (Å²) in [6.07, 6.45) is 0. The number of rotatable bonds is 10. The second-order valence-corrected chi connectivity index (χ2v) is 13.9. The number of para-hydroxylation sites is 4. The van der Waals surface area contributed by atoms with Crippen LogP contribution in [-0.2, 0) is 0 Å². The van der Waals surface area contributed by atoms with Gasteiger partial charge in [0.25, 0.3) is 0 Å². The molecule has 3 aromatic heterocycles. The lowest BCUT2D eigenvalue weighted by molar-refractivity contribution is -0.421. The zero-order valence-corrected chi connectivity index (χ0v) is 28.8. The van der Waals surface area contributed by atoms with E-state index >= 15 is 0 Å². The summed E-state index contributed by atoms with van der Waals surface area (Å²) < 4.78 is 9.05. The van der Waals surface area contributed by atoms with E-state index in [-0.39, 0.29) is 22.2 Å². The maximum Gasteiger partial charge on any atom is 0.357 e. The number of nitro benzene ring substituents is 2. The second-order valence-electron chi connectivity index (χ2n) is 11.2. The Morgan fingerprint density at radius 1 is 0.451 bits per heavy atom. The first kappa shape index (κ1) is 32.0. The maximum absolute atomic E-state index is 13.0. The number of hydrogen-bond donors (Lipinski definition) is 0. The fourth-order valence-electron chi connectivity index (χ4n) is 6.08. The van der Waals surface area contributed by atoms with Crippen molar-refractivity contribution in [2.75, 3.05) is 9.80 Å². The van der Waals surface area contributed by atoms with Gasteiger partial charge in [-0.25, -0.2) is 0 Å². The zero-order chi connectivity index (χ0) is 34.9. The van der Waals surface area contributed by atoms with E-state index in [1.807, 2.05) is 143 Å². The van der Waals surface area contributed by atoms with Crippen molar-refractivity contribution >= 4 is 89.6 Å². The molecule has 0 saturated carbocycles. The van der Waals surface area contributed by atoms with E-state index in [0.717, 1.165) is 44.5 Å². The summed E-state index contributed by atoms with van der Waals surface area (Å²) in [6.45, 7) is 0. The molecule has 0 bridgehead atoms. The second kappa shape index (κ2) is 13.6. The van der Waals surface area contributed by atoms with Crippen molar-refractivity contribution in [3.05, 3.63) is 166 Å². The van der Waals surface area contributed by atoms with Gasteiger partial charge in [-0.2, -0.15) is 8.75 Å². The van der Waals surface area contributed by atoms with Crippen molar-refractivity contribution in [1.82, 2.24) is 8.75 Å². The van der Waals surface area contributed by atoms with Crippen molar-refractivity contribution in [3.63, 3.8) is 0 Å². The molecule has 0 radical (unpaired) electrons. The molecule has 248 valence electrons. The quantitative estimate of drug-likeness (QED) is 0.101.